The van der Waals surface area contributed by atoms with Crippen LogP contribution in [0.5, 0.6) is 5.75 Å². The topological polar surface area (TPSA) is 76.5 Å². The summed E-state index contributed by atoms with van der Waals surface area (Å²) in [7, 11) is 2.09. The number of amides is 1. The fourth-order valence-electron chi connectivity index (χ4n) is 4.30. The number of ether oxygens (including phenoxy) is 1. The van der Waals surface area contributed by atoms with E-state index in [2.05, 4.69) is 17.3 Å². The number of thioether (sulfide) groups is 1. The van der Waals surface area contributed by atoms with Crippen molar-refractivity contribution in [2.24, 2.45) is 0 Å². The second-order valence-electron chi connectivity index (χ2n) is 8.84. The Labute approximate surface area is 218 Å². The molecule has 186 valence electrons. The molecule has 0 atom stereocenters. The highest BCUT2D eigenvalue weighted by atomic mass is 32.2. The highest BCUT2D eigenvalue weighted by Crippen LogP contribution is 2.34. The third kappa shape index (κ3) is 5.04. The summed E-state index contributed by atoms with van der Waals surface area (Å²) in [6.07, 6.45) is 0.831. The number of carbonyl (C=O) groups excluding carboxylic acids is 1. The largest absolute Gasteiger partial charge is 0.494 e. The number of rotatable bonds is 7. The number of aromatic nitrogens is 2. The van der Waals surface area contributed by atoms with E-state index in [0.717, 1.165) is 46.9 Å². The van der Waals surface area contributed by atoms with E-state index in [1.54, 1.807) is 15.9 Å². The quantitative estimate of drug-likeness (QED) is 0.277. The van der Waals surface area contributed by atoms with Crippen LogP contribution >= 0.6 is 23.1 Å². The lowest BCUT2D eigenvalue weighted by molar-refractivity contribution is -0.113. The van der Waals surface area contributed by atoms with Gasteiger partial charge in [-0.25, -0.2) is 4.98 Å². The van der Waals surface area contributed by atoms with Crippen LogP contribution in [0.1, 0.15) is 22.9 Å². The molecule has 0 radical (unpaired) electrons. The normalized spacial score (nSPS) is 13.5. The van der Waals surface area contributed by atoms with Crippen LogP contribution in [0.15, 0.2) is 58.5 Å². The van der Waals surface area contributed by atoms with E-state index in [1.165, 1.54) is 16.6 Å². The standard InChI is InChI=1S/C27H28N4O3S2/c1-4-34-20-11-9-19(10-12-20)31-26(33)24-21-13-14-30(3)15-22(21)36-25(24)29-27(31)35-16-23(32)28-18-7-5-17(2)6-8-18/h5-12H,4,13-16H2,1-3H3,(H,28,32). The third-order valence-corrected chi connectivity index (χ3v) is 8.16. The lowest BCUT2D eigenvalue weighted by Gasteiger charge is -2.21. The molecular formula is C27H28N4O3S2. The number of hydrogen-bond donors (Lipinski definition) is 1. The second-order valence-corrected chi connectivity index (χ2v) is 10.9. The lowest BCUT2D eigenvalue weighted by Crippen LogP contribution is -2.27. The van der Waals surface area contributed by atoms with Crippen LogP contribution in [0.4, 0.5) is 5.69 Å². The predicted molar refractivity (Wildman–Crippen MR) is 147 cm³/mol. The van der Waals surface area contributed by atoms with Crippen LogP contribution in [-0.2, 0) is 17.8 Å². The van der Waals surface area contributed by atoms with Gasteiger partial charge in [0.25, 0.3) is 5.56 Å². The van der Waals surface area contributed by atoms with Crippen molar-refractivity contribution in [1.29, 1.82) is 0 Å². The van der Waals surface area contributed by atoms with Gasteiger partial charge in [-0.3, -0.25) is 14.2 Å². The van der Waals surface area contributed by atoms with E-state index in [-0.39, 0.29) is 17.2 Å². The second kappa shape index (κ2) is 10.5. The summed E-state index contributed by atoms with van der Waals surface area (Å²) in [5.41, 5.74) is 3.59. The summed E-state index contributed by atoms with van der Waals surface area (Å²) in [6.45, 7) is 6.24. The van der Waals surface area contributed by atoms with E-state index < -0.39 is 0 Å². The van der Waals surface area contributed by atoms with E-state index in [1.807, 2.05) is 62.4 Å². The number of fused-ring (bicyclic) bond motifs is 3. The molecular weight excluding hydrogens is 492 g/mol. The van der Waals surface area contributed by atoms with Gasteiger partial charge in [-0.1, -0.05) is 29.5 Å². The van der Waals surface area contributed by atoms with Gasteiger partial charge in [-0.2, -0.15) is 0 Å². The number of nitrogens with zero attached hydrogens (tertiary/aromatic N) is 3. The lowest BCUT2D eigenvalue weighted by atomic mass is 10.1. The van der Waals surface area contributed by atoms with Gasteiger partial charge < -0.3 is 15.0 Å². The molecule has 4 aromatic rings. The maximum Gasteiger partial charge on any atom is 0.267 e. The van der Waals surface area contributed by atoms with Gasteiger partial charge in [0.1, 0.15) is 10.6 Å². The Bertz CT molecular complexity index is 1460. The number of anilines is 1. The van der Waals surface area contributed by atoms with Gasteiger partial charge in [-0.05, 0) is 69.3 Å². The number of aryl methyl sites for hydroxylation is 1. The molecule has 0 saturated heterocycles. The zero-order chi connectivity index (χ0) is 25.2. The monoisotopic (exact) mass is 520 g/mol. The van der Waals surface area contributed by atoms with Crippen molar-refractivity contribution in [3.05, 3.63) is 74.9 Å². The minimum Gasteiger partial charge on any atom is -0.494 e. The Balaban J connectivity index is 1.51. The average molecular weight is 521 g/mol. The molecule has 1 aliphatic rings. The minimum absolute atomic E-state index is 0.0901. The third-order valence-electron chi connectivity index (χ3n) is 6.11. The number of carbonyl (C=O) groups is 1. The number of likely N-dealkylation sites (N-methyl/N-ethyl adjacent to an activating group) is 1. The van der Waals surface area contributed by atoms with Crippen LogP contribution in [0.25, 0.3) is 15.9 Å². The predicted octanol–water partition coefficient (Wildman–Crippen LogP) is 4.87. The Kier molecular flexibility index (Phi) is 7.13. The SMILES string of the molecule is CCOc1ccc(-n2c(SCC(=O)Nc3ccc(C)cc3)nc3sc4c(c3c2=O)CCN(C)C4)cc1. The van der Waals surface area contributed by atoms with Crippen molar-refractivity contribution >= 4 is 44.9 Å². The number of thiophene rings is 1. The van der Waals surface area contributed by atoms with Gasteiger partial charge >= 0.3 is 0 Å². The van der Waals surface area contributed by atoms with E-state index in [4.69, 9.17) is 9.72 Å². The van der Waals surface area contributed by atoms with Crippen molar-refractivity contribution in [3.63, 3.8) is 0 Å². The van der Waals surface area contributed by atoms with E-state index in [9.17, 15) is 9.59 Å². The molecule has 1 aliphatic heterocycles. The van der Waals surface area contributed by atoms with Crippen molar-refractivity contribution < 1.29 is 9.53 Å². The molecule has 0 fully saturated rings. The molecule has 0 unspecified atom stereocenters. The maximum absolute atomic E-state index is 13.9. The first-order valence-corrected chi connectivity index (χ1v) is 13.7. The summed E-state index contributed by atoms with van der Waals surface area (Å²) < 4.78 is 7.21. The van der Waals surface area contributed by atoms with Crippen molar-refractivity contribution in [1.82, 2.24) is 14.5 Å². The highest BCUT2D eigenvalue weighted by molar-refractivity contribution is 7.99. The molecule has 3 heterocycles. The molecule has 0 spiro atoms. The van der Waals surface area contributed by atoms with Gasteiger partial charge in [-0.15, -0.1) is 11.3 Å². The summed E-state index contributed by atoms with van der Waals surface area (Å²) in [4.78, 5) is 35.7. The van der Waals surface area contributed by atoms with Crippen LogP contribution in [0.3, 0.4) is 0 Å². The van der Waals surface area contributed by atoms with Gasteiger partial charge in [0.05, 0.1) is 23.4 Å². The molecule has 0 aliphatic carbocycles. The van der Waals surface area contributed by atoms with Crippen LogP contribution in [0.2, 0.25) is 0 Å². The maximum atomic E-state index is 13.9. The number of nitrogens with one attached hydrogen (secondary N) is 1. The molecule has 0 bridgehead atoms. The molecule has 2 aromatic heterocycles. The van der Waals surface area contributed by atoms with Crippen LogP contribution < -0.4 is 15.6 Å². The molecule has 0 saturated carbocycles. The average Bonchev–Trinajstić information content (AvgIpc) is 3.22. The molecule has 1 amide bonds. The van der Waals surface area contributed by atoms with Crippen molar-refractivity contribution in [2.45, 2.75) is 32.0 Å². The van der Waals surface area contributed by atoms with E-state index in [0.29, 0.717) is 22.8 Å². The molecule has 7 nitrogen and oxygen atoms in total. The number of hydrogen-bond acceptors (Lipinski definition) is 7. The van der Waals surface area contributed by atoms with E-state index >= 15 is 0 Å². The van der Waals surface area contributed by atoms with Gasteiger partial charge in [0.15, 0.2) is 5.16 Å². The minimum atomic E-state index is -0.149. The van der Waals surface area contributed by atoms with Crippen LogP contribution in [0, 0.1) is 6.92 Å². The Hall–Kier alpha value is -3.14. The number of benzene rings is 2. The van der Waals surface area contributed by atoms with Gasteiger partial charge in [0.2, 0.25) is 5.91 Å². The zero-order valence-corrected chi connectivity index (χ0v) is 22.2. The molecule has 9 heteroatoms. The van der Waals surface area contributed by atoms with Crippen molar-refractivity contribution in [2.75, 3.05) is 31.3 Å². The molecule has 36 heavy (non-hydrogen) atoms. The highest BCUT2D eigenvalue weighted by Gasteiger charge is 2.24. The Morgan fingerprint density at radius 2 is 1.92 bits per heavy atom. The van der Waals surface area contributed by atoms with Crippen molar-refractivity contribution in [3.8, 4) is 11.4 Å². The Morgan fingerprint density at radius 1 is 1.17 bits per heavy atom. The summed E-state index contributed by atoms with van der Waals surface area (Å²) in [6, 6.07) is 15.1. The fourth-order valence-corrected chi connectivity index (χ4v) is 6.45. The van der Waals surface area contributed by atoms with Gasteiger partial charge in [0, 0.05) is 23.7 Å². The zero-order valence-electron chi connectivity index (χ0n) is 20.5. The summed E-state index contributed by atoms with van der Waals surface area (Å²) in [5.74, 6) is 0.728. The Morgan fingerprint density at radius 3 is 2.64 bits per heavy atom. The first-order valence-electron chi connectivity index (χ1n) is 11.9. The summed E-state index contributed by atoms with van der Waals surface area (Å²) >= 11 is 2.85. The summed E-state index contributed by atoms with van der Waals surface area (Å²) in [5, 5.41) is 4.12. The fraction of sp³-hybridized carbons (Fsp3) is 0.296. The molecule has 1 N–H and O–H groups in total. The first kappa shape index (κ1) is 24.5. The molecule has 2 aromatic carbocycles. The first-order chi connectivity index (χ1) is 17.4. The smallest absolute Gasteiger partial charge is 0.267 e. The van der Waals surface area contributed by atoms with Crippen LogP contribution in [-0.4, -0.2) is 46.3 Å². The molecule has 5 rings (SSSR count).